The van der Waals surface area contributed by atoms with Gasteiger partial charge < -0.3 is 15.5 Å². The van der Waals surface area contributed by atoms with Crippen molar-refractivity contribution >= 4 is 28.4 Å². The number of alkyl halides is 6. The molecule has 14 heteroatoms. The number of halogens is 6. The van der Waals surface area contributed by atoms with Crippen LogP contribution in [0.4, 0.5) is 37.8 Å². The maximum absolute atomic E-state index is 13.6. The first-order valence-corrected chi connectivity index (χ1v) is 12.7. The lowest BCUT2D eigenvalue weighted by Gasteiger charge is -2.15. The van der Waals surface area contributed by atoms with E-state index < -0.39 is 35.1 Å². The number of rotatable bonds is 7. The van der Waals surface area contributed by atoms with E-state index in [-0.39, 0.29) is 34.1 Å². The van der Waals surface area contributed by atoms with Crippen molar-refractivity contribution in [3.05, 3.63) is 71.7 Å². The molecule has 1 aliphatic heterocycles. The van der Waals surface area contributed by atoms with Crippen molar-refractivity contribution in [3.63, 3.8) is 0 Å². The van der Waals surface area contributed by atoms with E-state index >= 15 is 0 Å². The van der Waals surface area contributed by atoms with Crippen LogP contribution in [0.3, 0.4) is 0 Å². The summed E-state index contributed by atoms with van der Waals surface area (Å²) in [6.45, 7) is 2.81. The summed E-state index contributed by atoms with van der Waals surface area (Å²) in [5.41, 5.74) is -2.28. The lowest BCUT2D eigenvalue weighted by Crippen LogP contribution is -2.34. The summed E-state index contributed by atoms with van der Waals surface area (Å²) >= 11 is 0. The van der Waals surface area contributed by atoms with Gasteiger partial charge in [-0.25, -0.2) is 15.0 Å². The molecule has 4 aromatic rings. The maximum Gasteiger partial charge on any atom is 0.418 e. The van der Waals surface area contributed by atoms with E-state index in [1.165, 1.54) is 30.5 Å². The Bertz CT molecular complexity index is 1550. The van der Waals surface area contributed by atoms with Crippen molar-refractivity contribution in [2.45, 2.75) is 25.2 Å². The molecule has 0 bridgehead atoms. The Morgan fingerprint density at radius 1 is 0.878 bits per heavy atom. The SMILES string of the molecule is O=C(NCCN1CCCC1)c1nc(Nc2ccc(C(F)(F)F)cc2)c2ccc(-c3ncccc3C(F)(F)F)nc2n1. The van der Waals surface area contributed by atoms with E-state index in [1.807, 2.05) is 0 Å². The first-order valence-electron chi connectivity index (χ1n) is 12.7. The number of fused-ring (bicyclic) bond motifs is 1. The van der Waals surface area contributed by atoms with E-state index in [1.54, 1.807) is 0 Å². The molecule has 0 spiro atoms. The van der Waals surface area contributed by atoms with Gasteiger partial charge in [-0.15, -0.1) is 0 Å². The highest BCUT2D eigenvalue weighted by molar-refractivity contribution is 5.96. The summed E-state index contributed by atoms with van der Waals surface area (Å²) in [4.78, 5) is 31.8. The Morgan fingerprint density at radius 2 is 1.61 bits per heavy atom. The predicted octanol–water partition coefficient (Wildman–Crippen LogP) is 5.69. The number of carbonyl (C=O) groups excluding carboxylic acids is 1. The summed E-state index contributed by atoms with van der Waals surface area (Å²) in [5, 5.41) is 5.84. The highest BCUT2D eigenvalue weighted by atomic mass is 19.4. The second-order valence-corrected chi connectivity index (χ2v) is 9.37. The number of likely N-dealkylation sites (tertiary alicyclic amines) is 1. The zero-order chi connectivity index (χ0) is 29.2. The van der Waals surface area contributed by atoms with Crippen LogP contribution in [0.2, 0.25) is 0 Å². The monoisotopic (exact) mass is 575 g/mol. The second kappa shape index (κ2) is 11.3. The molecule has 1 saturated heterocycles. The summed E-state index contributed by atoms with van der Waals surface area (Å²) < 4.78 is 79.9. The zero-order valence-electron chi connectivity index (χ0n) is 21.4. The van der Waals surface area contributed by atoms with Crippen molar-refractivity contribution in [1.82, 2.24) is 30.2 Å². The van der Waals surface area contributed by atoms with Gasteiger partial charge in [0.05, 0.1) is 22.2 Å². The maximum atomic E-state index is 13.6. The van der Waals surface area contributed by atoms with Gasteiger partial charge in [0.1, 0.15) is 11.5 Å². The number of carbonyl (C=O) groups is 1. The minimum Gasteiger partial charge on any atom is -0.348 e. The van der Waals surface area contributed by atoms with E-state index in [2.05, 4.69) is 35.5 Å². The predicted molar refractivity (Wildman–Crippen MR) is 138 cm³/mol. The number of hydrogen-bond donors (Lipinski definition) is 2. The van der Waals surface area contributed by atoms with Gasteiger partial charge in [0.25, 0.3) is 5.91 Å². The van der Waals surface area contributed by atoms with Crippen molar-refractivity contribution in [3.8, 4) is 11.4 Å². The average molecular weight is 576 g/mol. The second-order valence-electron chi connectivity index (χ2n) is 9.37. The largest absolute Gasteiger partial charge is 0.418 e. The zero-order valence-corrected chi connectivity index (χ0v) is 21.4. The molecule has 8 nitrogen and oxygen atoms in total. The van der Waals surface area contributed by atoms with Crippen LogP contribution in [0.15, 0.2) is 54.7 Å². The first-order chi connectivity index (χ1) is 19.5. The third-order valence-corrected chi connectivity index (χ3v) is 6.51. The molecule has 3 aromatic heterocycles. The topological polar surface area (TPSA) is 95.9 Å². The van der Waals surface area contributed by atoms with E-state index in [0.717, 1.165) is 50.2 Å². The van der Waals surface area contributed by atoms with Crippen LogP contribution in [0.25, 0.3) is 22.4 Å². The molecule has 2 N–H and O–H groups in total. The van der Waals surface area contributed by atoms with Crippen LogP contribution >= 0.6 is 0 Å². The highest BCUT2D eigenvalue weighted by Gasteiger charge is 2.35. The van der Waals surface area contributed by atoms with Gasteiger partial charge in [0.2, 0.25) is 5.82 Å². The fourth-order valence-electron chi connectivity index (χ4n) is 4.47. The van der Waals surface area contributed by atoms with Crippen molar-refractivity contribution < 1.29 is 31.1 Å². The summed E-state index contributed by atoms with van der Waals surface area (Å²) in [6, 6.07) is 8.90. The van der Waals surface area contributed by atoms with Crippen molar-refractivity contribution in [2.24, 2.45) is 0 Å². The van der Waals surface area contributed by atoms with Gasteiger partial charge in [-0.3, -0.25) is 9.78 Å². The van der Waals surface area contributed by atoms with Gasteiger partial charge in [-0.05, 0) is 74.5 Å². The van der Waals surface area contributed by atoms with Crippen LogP contribution in [-0.2, 0) is 12.4 Å². The van der Waals surface area contributed by atoms with E-state index in [0.29, 0.717) is 13.1 Å². The Labute approximate surface area is 229 Å². The van der Waals surface area contributed by atoms with Crippen LogP contribution in [0.1, 0.15) is 34.6 Å². The van der Waals surface area contributed by atoms with Crippen molar-refractivity contribution in [2.75, 3.05) is 31.5 Å². The molecule has 1 amide bonds. The number of hydrogen-bond acceptors (Lipinski definition) is 7. The van der Waals surface area contributed by atoms with Crippen LogP contribution in [0.5, 0.6) is 0 Å². The Kier molecular flexibility index (Phi) is 7.76. The molecule has 0 unspecified atom stereocenters. The van der Waals surface area contributed by atoms with Crippen LogP contribution in [-0.4, -0.2) is 56.9 Å². The van der Waals surface area contributed by atoms with Gasteiger partial charge >= 0.3 is 12.4 Å². The van der Waals surface area contributed by atoms with E-state index in [9.17, 15) is 31.1 Å². The number of amides is 1. The molecule has 0 atom stereocenters. The van der Waals surface area contributed by atoms with Crippen LogP contribution < -0.4 is 10.6 Å². The summed E-state index contributed by atoms with van der Waals surface area (Å²) in [5.74, 6) is -0.909. The van der Waals surface area contributed by atoms with Crippen molar-refractivity contribution in [1.29, 1.82) is 0 Å². The summed E-state index contributed by atoms with van der Waals surface area (Å²) in [6.07, 6.45) is -5.85. The quantitative estimate of drug-likeness (QED) is 0.273. The van der Waals surface area contributed by atoms with Gasteiger partial charge in [-0.2, -0.15) is 26.3 Å². The molecule has 214 valence electrons. The molecule has 0 radical (unpaired) electrons. The molecule has 1 fully saturated rings. The molecule has 5 rings (SSSR count). The molecule has 1 aliphatic rings. The Hall–Kier alpha value is -4.33. The first kappa shape index (κ1) is 28.2. The fraction of sp³-hybridized carbons (Fsp3) is 0.296. The smallest absolute Gasteiger partial charge is 0.348 e. The highest BCUT2D eigenvalue weighted by Crippen LogP contribution is 2.36. The molecular weight excluding hydrogens is 552 g/mol. The van der Waals surface area contributed by atoms with Crippen LogP contribution in [0, 0.1) is 0 Å². The third kappa shape index (κ3) is 6.53. The number of nitrogens with zero attached hydrogens (tertiary/aromatic N) is 5. The van der Waals surface area contributed by atoms with Gasteiger partial charge in [-0.1, -0.05) is 0 Å². The lowest BCUT2D eigenvalue weighted by molar-refractivity contribution is -0.138. The molecule has 0 aliphatic carbocycles. The summed E-state index contributed by atoms with van der Waals surface area (Å²) in [7, 11) is 0. The number of aromatic nitrogens is 4. The van der Waals surface area contributed by atoms with E-state index in [4.69, 9.17) is 0 Å². The molecular formula is C27H23F6N7O. The minimum atomic E-state index is -4.69. The standard InChI is InChI=1S/C27H23F6N7O/c28-26(29,30)16-5-7-17(8-6-16)36-22-18-9-10-20(21-19(27(31,32)33)4-3-11-34-21)37-23(18)39-24(38-22)25(41)35-12-15-40-13-1-2-14-40/h3-11H,1-2,12-15H2,(H,35,41)(H,36,37,38,39). The third-order valence-electron chi connectivity index (χ3n) is 6.51. The fourth-order valence-corrected chi connectivity index (χ4v) is 4.47. The normalized spacial score (nSPS) is 14.4. The number of pyridine rings is 2. The lowest BCUT2D eigenvalue weighted by atomic mass is 10.1. The molecule has 1 aromatic carbocycles. The van der Waals surface area contributed by atoms with Gasteiger partial charge in [0, 0.05) is 25.0 Å². The number of anilines is 2. The Balaban J connectivity index is 1.52. The molecule has 41 heavy (non-hydrogen) atoms. The number of nitrogens with one attached hydrogen (secondary N) is 2. The van der Waals surface area contributed by atoms with Gasteiger partial charge in [0.15, 0.2) is 5.65 Å². The average Bonchev–Trinajstić information content (AvgIpc) is 3.45. The number of benzene rings is 1. The minimum absolute atomic E-state index is 0.0376. The molecule has 0 saturated carbocycles. The Morgan fingerprint density at radius 3 is 2.29 bits per heavy atom. The molecule has 4 heterocycles.